The molecule has 2 heterocycles. The number of hydrogen-bond acceptors (Lipinski definition) is 8. The minimum atomic E-state index is -3.38. The largest absolute Gasteiger partial charge is 0.382 e. The van der Waals surface area contributed by atoms with Gasteiger partial charge in [0.05, 0.1) is 5.69 Å². The van der Waals surface area contributed by atoms with E-state index >= 15 is 4.39 Å². The van der Waals surface area contributed by atoms with Crippen LogP contribution in [0.1, 0.15) is 23.2 Å². The van der Waals surface area contributed by atoms with Gasteiger partial charge in [-0.1, -0.05) is 0 Å². The summed E-state index contributed by atoms with van der Waals surface area (Å²) in [6, 6.07) is 5.43. The normalized spacial score (nSPS) is 12.7. The minimum absolute atomic E-state index is 0.0219. The van der Waals surface area contributed by atoms with E-state index in [2.05, 4.69) is 15.3 Å². The van der Waals surface area contributed by atoms with Crippen LogP contribution in [0.5, 0.6) is 0 Å². The number of fused-ring (bicyclic) bond motifs is 1. The number of amides is 1. The molecule has 0 aliphatic rings. The number of nitrogens with two attached hydrogens (primary N) is 1. The van der Waals surface area contributed by atoms with Gasteiger partial charge in [0.15, 0.2) is 6.10 Å². The number of carbonyl (C=O) groups excluding carboxylic acids is 1. The predicted molar refractivity (Wildman–Crippen MR) is 116 cm³/mol. The number of nitrogens with zero attached hydrogens (tertiary/aromatic N) is 3. The summed E-state index contributed by atoms with van der Waals surface area (Å²) in [5, 5.41) is 41.4. The summed E-state index contributed by atoms with van der Waals surface area (Å²) in [4.78, 5) is 20.3. The van der Waals surface area contributed by atoms with Crippen molar-refractivity contribution in [2.75, 3.05) is 11.1 Å². The number of rotatable bonds is 5. The minimum Gasteiger partial charge on any atom is -0.382 e. The van der Waals surface area contributed by atoms with Gasteiger partial charge in [-0.3, -0.25) is 9.20 Å². The van der Waals surface area contributed by atoms with Crippen LogP contribution in [0.3, 0.4) is 0 Å². The van der Waals surface area contributed by atoms with E-state index in [0.29, 0.717) is 11.8 Å². The zero-order valence-corrected chi connectivity index (χ0v) is 17.9. The van der Waals surface area contributed by atoms with Crippen LogP contribution in [0, 0.1) is 24.4 Å². The van der Waals surface area contributed by atoms with Crippen molar-refractivity contribution in [3.05, 3.63) is 77.1 Å². The van der Waals surface area contributed by atoms with Crippen LogP contribution in [0.2, 0.25) is 0 Å². The molecule has 4 aromatic rings. The summed E-state index contributed by atoms with van der Waals surface area (Å²) < 4.78 is 42.8. The highest BCUT2D eigenvalue weighted by molar-refractivity contribution is 5.95. The lowest BCUT2D eigenvalue weighted by molar-refractivity contribution is -0.329. The molecule has 7 N–H and O–H groups in total. The van der Waals surface area contributed by atoms with Gasteiger partial charge in [0.2, 0.25) is 5.82 Å². The Balaban J connectivity index is 1.69. The SMILES string of the molecule is Cc1cn2c(C(O)(O)O)nc(-c3ccc(NC(=O)C(O)c4cc(F)cc(F)c4)cc3F)c2c(N)n1. The van der Waals surface area contributed by atoms with E-state index in [-0.39, 0.29) is 33.8 Å². The summed E-state index contributed by atoms with van der Waals surface area (Å²) in [6.45, 7) is 1.55. The van der Waals surface area contributed by atoms with Crippen molar-refractivity contribution in [2.24, 2.45) is 0 Å². The first-order valence-electron chi connectivity index (χ1n) is 9.92. The van der Waals surface area contributed by atoms with Gasteiger partial charge in [-0.15, -0.1) is 0 Å². The summed E-state index contributed by atoms with van der Waals surface area (Å²) in [5.41, 5.74) is 5.43. The number of hydrogen-bond donors (Lipinski definition) is 6. The monoisotopic (exact) mass is 489 g/mol. The Bertz CT molecular complexity index is 1450. The van der Waals surface area contributed by atoms with Crippen LogP contribution < -0.4 is 11.1 Å². The molecule has 1 atom stereocenters. The number of nitrogens with one attached hydrogen (secondary N) is 1. The first kappa shape index (κ1) is 24.1. The van der Waals surface area contributed by atoms with E-state index in [9.17, 15) is 34.0 Å². The van der Waals surface area contributed by atoms with Crippen LogP contribution in [0.15, 0.2) is 42.6 Å². The number of aliphatic hydroxyl groups is 4. The van der Waals surface area contributed by atoms with E-state index in [0.717, 1.165) is 22.6 Å². The van der Waals surface area contributed by atoms with Gasteiger partial charge in [0, 0.05) is 23.5 Å². The van der Waals surface area contributed by atoms with Crippen molar-refractivity contribution in [2.45, 2.75) is 19.0 Å². The number of nitrogen functional groups attached to an aromatic ring is 1. The van der Waals surface area contributed by atoms with E-state index in [1.54, 1.807) is 6.92 Å². The number of aryl methyl sites for hydroxylation is 1. The molecule has 10 nitrogen and oxygen atoms in total. The Morgan fingerprint density at radius 2 is 1.74 bits per heavy atom. The van der Waals surface area contributed by atoms with Gasteiger partial charge >= 0.3 is 5.97 Å². The lowest BCUT2D eigenvalue weighted by atomic mass is 10.1. The first-order valence-corrected chi connectivity index (χ1v) is 9.92. The molecule has 0 saturated heterocycles. The summed E-state index contributed by atoms with van der Waals surface area (Å²) in [7, 11) is 0. The second kappa shape index (κ2) is 8.63. The predicted octanol–water partition coefficient (Wildman–Crippen LogP) is 1.46. The van der Waals surface area contributed by atoms with Crippen LogP contribution in [-0.2, 0) is 10.8 Å². The summed E-state index contributed by atoms with van der Waals surface area (Å²) in [6.07, 6.45) is -0.638. The van der Waals surface area contributed by atoms with Gasteiger partial charge in [-0.2, -0.15) is 0 Å². The third-order valence-electron chi connectivity index (χ3n) is 5.01. The zero-order valence-electron chi connectivity index (χ0n) is 17.9. The van der Waals surface area contributed by atoms with Crippen LogP contribution in [0.4, 0.5) is 24.7 Å². The smallest absolute Gasteiger partial charge is 0.339 e. The maximum absolute atomic E-state index is 15.0. The standard InChI is InChI=1S/C22H18F3N5O5/c1-9-8-30-17(19(26)27-9)16(29-21(30)22(33,34)35)14-3-2-13(7-15(14)25)28-20(32)18(31)10-4-11(23)6-12(24)5-10/h2-8,18,31,33-35H,1H3,(H2,26,27)(H,28,32). The lowest BCUT2D eigenvalue weighted by Crippen LogP contribution is -2.27. The van der Waals surface area contributed by atoms with E-state index in [1.165, 1.54) is 18.3 Å². The van der Waals surface area contributed by atoms with Gasteiger partial charge in [-0.25, -0.2) is 23.1 Å². The van der Waals surface area contributed by atoms with Gasteiger partial charge in [0.25, 0.3) is 5.91 Å². The quantitative estimate of drug-likeness (QED) is 0.229. The highest BCUT2D eigenvalue weighted by Crippen LogP contribution is 2.33. The molecule has 1 unspecified atom stereocenters. The number of imidazole rings is 1. The van der Waals surface area contributed by atoms with Gasteiger partial charge in [-0.05, 0) is 42.8 Å². The number of aliphatic hydroxyl groups excluding tert-OH is 1. The third kappa shape index (κ3) is 4.65. The Morgan fingerprint density at radius 1 is 1.09 bits per heavy atom. The molecule has 0 fully saturated rings. The molecule has 13 heteroatoms. The van der Waals surface area contributed by atoms with Crippen molar-refractivity contribution in [1.29, 1.82) is 0 Å². The second-order valence-electron chi connectivity index (χ2n) is 7.69. The molecule has 2 aromatic heterocycles. The Kier molecular flexibility index (Phi) is 5.94. The highest BCUT2D eigenvalue weighted by Gasteiger charge is 2.32. The maximum atomic E-state index is 15.0. The van der Waals surface area contributed by atoms with Crippen molar-refractivity contribution in [1.82, 2.24) is 14.4 Å². The third-order valence-corrected chi connectivity index (χ3v) is 5.01. The molecule has 182 valence electrons. The molecular weight excluding hydrogens is 471 g/mol. The summed E-state index contributed by atoms with van der Waals surface area (Å²) >= 11 is 0. The molecule has 1 amide bonds. The molecule has 35 heavy (non-hydrogen) atoms. The van der Waals surface area contributed by atoms with Crippen molar-refractivity contribution in [3.8, 4) is 11.3 Å². The number of carbonyl (C=O) groups is 1. The van der Waals surface area contributed by atoms with Crippen LogP contribution in [-0.4, -0.2) is 40.7 Å². The molecule has 0 bridgehead atoms. The van der Waals surface area contributed by atoms with E-state index in [1.807, 2.05) is 0 Å². The number of aromatic nitrogens is 3. The molecule has 0 aliphatic heterocycles. The Morgan fingerprint density at radius 3 is 2.34 bits per heavy atom. The average molecular weight is 489 g/mol. The maximum Gasteiger partial charge on any atom is 0.339 e. The molecule has 0 aliphatic carbocycles. The number of halogens is 3. The van der Waals surface area contributed by atoms with E-state index in [4.69, 9.17) is 5.73 Å². The first-order chi connectivity index (χ1) is 16.3. The fourth-order valence-corrected chi connectivity index (χ4v) is 3.57. The molecule has 0 radical (unpaired) electrons. The highest BCUT2D eigenvalue weighted by atomic mass is 19.1. The van der Waals surface area contributed by atoms with Crippen molar-refractivity contribution in [3.63, 3.8) is 0 Å². The Hall–Kier alpha value is -4.04. The molecule has 0 spiro atoms. The van der Waals surface area contributed by atoms with E-state index < -0.39 is 41.3 Å². The second-order valence-corrected chi connectivity index (χ2v) is 7.69. The fourth-order valence-electron chi connectivity index (χ4n) is 3.57. The van der Waals surface area contributed by atoms with Gasteiger partial charge in [0.1, 0.15) is 34.5 Å². The lowest BCUT2D eigenvalue weighted by Gasteiger charge is -2.13. The molecule has 0 saturated carbocycles. The average Bonchev–Trinajstić information content (AvgIpc) is 3.12. The fraction of sp³-hybridized carbons (Fsp3) is 0.136. The molecule has 2 aromatic carbocycles. The van der Waals surface area contributed by atoms with Crippen LogP contribution >= 0.6 is 0 Å². The summed E-state index contributed by atoms with van der Waals surface area (Å²) in [5.74, 6) is -8.18. The molecular formula is C22H18F3N5O5. The topological polar surface area (TPSA) is 166 Å². The number of benzene rings is 2. The number of anilines is 2. The Labute approximate surface area is 194 Å². The molecule has 4 rings (SSSR count). The van der Waals surface area contributed by atoms with Crippen molar-refractivity contribution >= 4 is 22.9 Å². The zero-order chi connectivity index (χ0) is 25.7. The van der Waals surface area contributed by atoms with Gasteiger partial charge < -0.3 is 31.5 Å². The van der Waals surface area contributed by atoms with Crippen LogP contribution in [0.25, 0.3) is 16.8 Å². The van der Waals surface area contributed by atoms with Crippen molar-refractivity contribution < 1.29 is 38.4 Å².